The number of benzene rings is 6. The second kappa shape index (κ2) is 9.17. The van der Waals surface area contributed by atoms with Gasteiger partial charge in [-0.3, -0.25) is 4.57 Å². The van der Waals surface area contributed by atoms with Crippen molar-refractivity contribution >= 4 is 23.2 Å². The van der Waals surface area contributed by atoms with E-state index in [4.69, 9.17) is 9.72 Å². The van der Waals surface area contributed by atoms with E-state index in [1.807, 2.05) is 0 Å². The number of nitrogens with zero attached hydrogens (tertiary/aromatic N) is 2. The van der Waals surface area contributed by atoms with Crippen LogP contribution in [0.25, 0.3) is 40.3 Å². The molecule has 1 aromatic heterocycles. The van der Waals surface area contributed by atoms with Gasteiger partial charge in [-0.2, -0.15) is 0 Å². The second-order valence-corrected chi connectivity index (χ2v) is 11.2. The standard InChI is InChI=1S/C40H26N2O/c1-2-13-30(14-3-1)42-36-19-9-8-18-35(36)41-39(42)29-25-24-28-23-22-27-12-4-5-15-31(27)40(34(28)26-29)32-16-6-10-20-37(32)43-38-21-11-7-17-33(38)40/h1-26H. The summed E-state index contributed by atoms with van der Waals surface area (Å²) >= 11 is 0. The van der Waals surface area contributed by atoms with Crippen LogP contribution in [0.5, 0.6) is 11.5 Å². The van der Waals surface area contributed by atoms with E-state index < -0.39 is 5.41 Å². The molecule has 43 heavy (non-hydrogen) atoms. The van der Waals surface area contributed by atoms with Crippen molar-refractivity contribution in [3.8, 4) is 28.6 Å². The molecule has 6 aromatic carbocycles. The summed E-state index contributed by atoms with van der Waals surface area (Å²) in [4.78, 5) is 5.22. The maximum atomic E-state index is 6.57. The minimum absolute atomic E-state index is 0.597. The zero-order valence-electron chi connectivity index (χ0n) is 23.3. The van der Waals surface area contributed by atoms with Crippen LogP contribution in [0.3, 0.4) is 0 Å². The fourth-order valence-corrected chi connectivity index (χ4v) is 7.11. The number of fused-ring (bicyclic) bond motifs is 9. The van der Waals surface area contributed by atoms with Gasteiger partial charge >= 0.3 is 0 Å². The highest BCUT2D eigenvalue weighted by Crippen LogP contribution is 2.58. The van der Waals surface area contributed by atoms with Gasteiger partial charge in [0, 0.05) is 22.4 Å². The number of imidazole rings is 1. The van der Waals surface area contributed by atoms with Crippen LogP contribution < -0.4 is 4.74 Å². The summed E-state index contributed by atoms with van der Waals surface area (Å²) in [7, 11) is 0. The Morgan fingerprint density at radius 2 is 1.12 bits per heavy atom. The first-order chi connectivity index (χ1) is 21.3. The van der Waals surface area contributed by atoms with Crippen molar-refractivity contribution in [2.45, 2.75) is 5.41 Å². The Morgan fingerprint density at radius 1 is 0.512 bits per heavy atom. The third-order valence-electron chi connectivity index (χ3n) is 8.90. The van der Waals surface area contributed by atoms with Crippen LogP contribution in [0, 0.1) is 0 Å². The van der Waals surface area contributed by atoms with Gasteiger partial charge in [-0.25, -0.2) is 4.98 Å². The molecule has 9 rings (SSSR count). The molecule has 0 saturated heterocycles. The third-order valence-corrected chi connectivity index (χ3v) is 8.90. The molecule has 3 nitrogen and oxygen atoms in total. The van der Waals surface area contributed by atoms with Gasteiger partial charge in [0.1, 0.15) is 17.3 Å². The first-order valence-corrected chi connectivity index (χ1v) is 14.6. The average molecular weight is 551 g/mol. The molecule has 3 heteroatoms. The Balaban J connectivity index is 1.41. The summed E-state index contributed by atoms with van der Waals surface area (Å²) in [5, 5.41) is 0. The Hall–Kier alpha value is -5.67. The Labute approximate surface area is 250 Å². The van der Waals surface area contributed by atoms with E-state index in [2.05, 4.69) is 162 Å². The molecule has 0 amide bonds. The van der Waals surface area contributed by atoms with E-state index in [0.29, 0.717) is 0 Å². The fourth-order valence-electron chi connectivity index (χ4n) is 7.11. The molecule has 202 valence electrons. The van der Waals surface area contributed by atoms with E-state index in [-0.39, 0.29) is 0 Å². The van der Waals surface area contributed by atoms with E-state index in [1.54, 1.807) is 0 Å². The zero-order chi connectivity index (χ0) is 28.4. The highest BCUT2D eigenvalue weighted by molar-refractivity contribution is 5.87. The van der Waals surface area contributed by atoms with E-state index in [9.17, 15) is 0 Å². The van der Waals surface area contributed by atoms with Crippen molar-refractivity contribution in [1.29, 1.82) is 0 Å². The lowest BCUT2D eigenvalue weighted by molar-refractivity contribution is 0.434. The Bertz CT molecular complexity index is 2180. The van der Waals surface area contributed by atoms with Crippen LogP contribution in [0.4, 0.5) is 0 Å². The molecule has 1 spiro atoms. The molecule has 2 aliphatic rings. The summed E-state index contributed by atoms with van der Waals surface area (Å²) in [5.74, 6) is 2.68. The van der Waals surface area contributed by atoms with E-state index >= 15 is 0 Å². The van der Waals surface area contributed by atoms with Gasteiger partial charge in [0.05, 0.1) is 16.4 Å². The van der Waals surface area contributed by atoms with Gasteiger partial charge < -0.3 is 4.74 Å². The maximum absolute atomic E-state index is 6.57. The van der Waals surface area contributed by atoms with Gasteiger partial charge in [0.15, 0.2) is 0 Å². The van der Waals surface area contributed by atoms with Crippen molar-refractivity contribution < 1.29 is 4.74 Å². The predicted molar refractivity (Wildman–Crippen MR) is 174 cm³/mol. The molecule has 0 saturated carbocycles. The molecule has 7 aromatic rings. The van der Waals surface area contributed by atoms with Crippen LogP contribution >= 0.6 is 0 Å². The number of aromatic nitrogens is 2. The number of hydrogen-bond donors (Lipinski definition) is 0. The first-order valence-electron chi connectivity index (χ1n) is 14.6. The van der Waals surface area contributed by atoms with Gasteiger partial charge in [0.25, 0.3) is 0 Å². The maximum Gasteiger partial charge on any atom is 0.145 e. The molecule has 2 heterocycles. The molecule has 0 fully saturated rings. The summed E-state index contributed by atoms with van der Waals surface area (Å²) in [6, 6.07) is 51.5. The minimum Gasteiger partial charge on any atom is -0.457 e. The van der Waals surface area contributed by atoms with Gasteiger partial charge in [-0.15, -0.1) is 0 Å². The molecule has 1 aliphatic carbocycles. The molecule has 0 unspecified atom stereocenters. The average Bonchev–Trinajstić information content (AvgIpc) is 3.40. The van der Waals surface area contributed by atoms with Crippen LogP contribution in [-0.4, -0.2) is 9.55 Å². The summed E-state index contributed by atoms with van der Waals surface area (Å²) in [6.45, 7) is 0. The molecular weight excluding hydrogens is 524 g/mol. The highest BCUT2D eigenvalue weighted by atomic mass is 16.5. The molecule has 0 radical (unpaired) electrons. The van der Waals surface area contributed by atoms with E-state index in [0.717, 1.165) is 50.7 Å². The minimum atomic E-state index is -0.597. The van der Waals surface area contributed by atoms with Crippen LogP contribution in [0.2, 0.25) is 0 Å². The number of para-hydroxylation sites is 5. The molecule has 0 atom stereocenters. The van der Waals surface area contributed by atoms with Crippen molar-refractivity contribution in [2.24, 2.45) is 0 Å². The van der Waals surface area contributed by atoms with Crippen molar-refractivity contribution in [3.63, 3.8) is 0 Å². The molecule has 1 aliphatic heterocycles. The Kier molecular flexibility index (Phi) is 5.11. The lowest BCUT2D eigenvalue weighted by atomic mass is 9.62. The topological polar surface area (TPSA) is 27.1 Å². The normalized spacial score (nSPS) is 13.9. The van der Waals surface area contributed by atoms with Gasteiger partial charge in [-0.1, -0.05) is 115 Å². The quantitative estimate of drug-likeness (QED) is 0.214. The van der Waals surface area contributed by atoms with Gasteiger partial charge in [-0.05, 0) is 64.7 Å². The van der Waals surface area contributed by atoms with Crippen LogP contribution in [0.15, 0.2) is 146 Å². The van der Waals surface area contributed by atoms with Crippen molar-refractivity contribution in [2.75, 3.05) is 0 Å². The SMILES string of the molecule is C1=Cc2ccc(-c3nc4ccccc4n3-c3ccccc3)cc2C2(c3ccccc31)c1ccccc1Oc1ccccc12. The largest absolute Gasteiger partial charge is 0.457 e. The molecular formula is C40H26N2O. The van der Waals surface area contributed by atoms with Crippen LogP contribution in [-0.2, 0) is 5.41 Å². The zero-order valence-corrected chi connectivity index (χ0v) is 23.3. The van der Waals surface area contributed by atoms with Crippen molar-refractivity contribution in [1.82, 2.24) is 9.55 Å². The van der Waals surface area contributed by atoms with Gasteiger partial charge in [0.2, 0.25) is 0 Å². The lowest BCUT2D eigenvalue weighted by Crippen LogP contribution is -2.35. The lowest BCUT2D eigenvalue weighted by Gasteiger charge is -2.42. The molecule has 0 N–H and O–H groups in total. The monoisotopic (exact) mass is 550 g/mol. The third kappa shape index (κ3) is 3.39. The number of ether oxygens (including phenoxy) is 1. The fraction of sp³-hybridized carbons (Fsp3) is 0.0250. The summed E-state index contributed by atoms with van der Waals surface area (Å²) < 4.78 is 8.84. The summed E-state index contributed by atoms with van der Waals surface area (Å²) in [5.41, 5.74) is 10.7. The Morgan fingerprint density at radius 3 is 1.88 bits per heavy atom. The smallest absolute Gasteiger partial charge is 0.145 e. The van der Waals surface area contributed by atoms with E-state index in [1.165, 1.54) is 22.3 Å². The predicted octanol–water partition coefficient (Wildman–Crippen LogP) is 9.66. The highest BCUT2D eigenvalue weighted by Gasteiger charge is 2.47. The molecule has 0 bridgehead atoms. The number of hydrogen-bond acceptors (Lipinski definition) is 2. The first kappa shape index (κ1) is 24.0. The van der Waals surface area contributed by atoms with Crippen molar-refractivity contribution in [3.05, 3.63) is 179 Å². The number of rotatable bonds is 2. The van der Waals surface area contributed by atoms with Crippen LogP contribution in [0.1, 0.15) is 33.4 Å². The summed E-state index contributed by atoms with van der Waals surface area (Å²) in [6.07, 6.45) is 4.51. The second-order valence-electron chi connectivity index (χ2n) is 11.2.